The van der Waals surface area contributed by atoms with Crippen molar-refractivity contribution in [3.63, 3.8) is 0 Å². The molecule has 1 aromatic heterocycles. The molecule has 0 amide bonds. The standard InChI is InChI=1S/C11H16N2/c1-8(2)7-10(12)11-6-4-5-9(3)13-11/h4-6,10H,1,7,12H2,2-3H3/t10-/m1/s1. The van der Waals surface area contributed by atoms with Gasteiger partial charge in [0.2, 0.25) is 0 Å². The van der Waals surface area contributed by atoms with Crippen molar-refractivity contribution in [2.45, 2.75) is 26.3 Å². The van der Waals surface area contributed by atoms with Crippen LogP contribution in [0.1, 0.15) is 30.8 Å². The molecule has 0 fully saturated rings. The second-order valence-electron chi connectivity index (χ2n) is 3.47. The van der Waals surface area contributed by atoms with Gasteiger partial charge in [0.05, 0.1) is 11.7 Å². The highest BCUT2D eigenvalue weighted by Gasteiger charge is 2.06. The minimum absolute atomic E-state index is 0.0163. The maximum Gasteiger partial charge on any atom is 0.0577 e. The normalized spacial score (nSPS) is 12.5. The Morgan fingerprint density at radius 2 is 2.31 bits per heavy atom. The molecular weight excluding hydrogens is 160 g/mol. The Morgan fingerprint density at radius 3 is 2.85 bits per heavy atom. The molecule has 0 bridgehead atoms. The van der Waals surface area contributed by atoms with Gasteiger partial charge in [-0.1, -0.05) is 11.6 Å². The van der Waals surface area contributed by atoms with Crippen LogP contribution in [0.5, 0.6) is 0 Å². The molecule has 2 heteroatoms. The van der Waals surface area contributed by atoms with Crippen LogP contribution < -0.4 is 5.73 Å². The Balaban J connectivity index is 2.76. The lowest BCUT2D eigenvalue weighted by Crippen LogP contribution is -2.12. The summed E-state index contributed by atoms with van der Waals surface area (Å²) in [5.41, 5.74) is 8.99. The third kappa shape index (κ3) is 2.99. The number of nitrogens with two attached hydrogens (primary N) is 1. The molecule has 70 valence electrons. The minimum Gasteiger partial charge on any atom is -0.322 e. The van der Waals surface area contributed by atoms with E-state index < -0.39 is 0 Å². The fourth-order valence-corrected chi connectivity index (χ4v) is 1.25. The van der Waals surface area contributed by atoms with E-state index in [1.165, 1.54) is 0 Å². The summed E-state index contributed by atoms with van der Waals surface area (Å²) in [6.45, 7) is 7.79. The first-order chi connectivity index (χ1) is 6.09. The molecule has 13 heavy (non-hydrogen) atoms. The molecule has 1 heterocycles. The van der Waals surface area contributed by atoms with Gasteiger partial charge in [-0.25, -0.2) is 0 Å². The molecule has 1 rings (SSSR count). The lowest BCUT2D eigenvalue weighted by Gasteiger charge is -2.10. The van der Waals surface area contributed by atoms with Gasteiger partial charge in [0.25, 0.3) is 0 Å². The molecular formula is C11H16N2. The van der Waals surface area contributed by atoms with Crippen molar-refractivity contribution in [2.75, 3.05) is 0 Å². The number of hydrogen-bond acceptors (Lipinski definition) is 2. The van der Waals surface area contributed by atoms with Gasteiger partial charge in [0, 0.05) is 5.69 Å². The Morgan fingerprint density at radius 1 is 1.62 bits per heavy atom. The van der Waals surface area contributed by atoms with Crippen molar-refractivity contribution in [1.82, 2.24) is 4.98 Å². The van der Waals surface area contributed by atoms with E-state index in [9.17, 15) is 0 Å². The second kappa shape index (κ2) is 4.19. The fourth-order valence-electron chi connectivity index (χ4n) is 1.25. The third-order valence-corrected chi connectivity index (χ3v) is 1.86. The predicted molar refractivity (Wildman–Crippen MR) is 55.3 cm³/mol. The van der Waals surface area contributed by atoms with Gasteiger partial charge in [-0.05, 0) is 32.4 Å². The summed E-state index contributed by atoms with van der Waals surface area (Å²) >= 11 is 0. The molecule has 0 spiro atoms. The first kappa shape index (κ1) is 9.93. The molecule has 1 aromatic rings. The van der Waals surface area contributed by atoms with Crippen molar-refractivity contribution in [3.05, 3.63) is 41.7 Å². The second-order valence-corrected chi connectivity index (χ2v) is 3.47. The van der Waals surface area contributed by atoms with Crippen LogP contribution in [-0.2, 0) is 0 Å². The quantitative estimate of drug-likeness (QED) is 0.718. The zero-order valence-electron chi connectivity index (χ0n) is 8.25. The Kier molecular flexibility index (Phi) is 3.20. The van der Waals surface area contributed by atoms with Crippen LogP contribution in [0.4, 0.5) is 0 Å². The monoisotopic (exact) mass is 176 g/mol. The van der Waals surface area contributed by atoms with Crippen LogP contribution >= 0.6 is 0 Å². The summed E-state index contributed by atoms with van der Waals surface area (Å²) in [5.74, 6) is 0. The van der Waals surface area contributed by atoms with Crippen LogP contribution in [0.15, 0.2) is 30.4 Å². The van der Waals surface area contributed by atoms with E-state index in [2.05, 4.69) is 11.6 Å². The number of aromatic nitrogens is 1. The maximum atomic E-state index is 5.94. The molecule has 0 radical (unpaired) electrons. The van der Waals surface area contributed by atoms with Crippen LogP contribution in [-0.4, -0.2) is 4.98 Å². The van der Waals surface area contributed by atoms with E-state index in [0.29, 0.717) is 0 Å². The minimum atomic E-state index is -0.0163. The summed E-state index contributed by atoms with van der Waals surface area (Å²) in [6.07, 6.45) is 0.802. The molecule has 0 aromatic carbocycles. The van der Waals surface area contributed by atoms with Crippen molar-refractivity contribution in [1.29, 1.82) is 0 Å². The Bertz CT molecular complexity index is 305. The fraction of sp³-hybridized carbons (Fsp3) is 0.364. The lowest BCUT2D eigenvalue weighted by molar-refractivity contribution is 0.689. The smallest absolute Gasteiger partial charge is 0.0577 e. The average Bonchev–Trinajstić information content (AvgIpc) is 2.03. The largest absolute Gasteiger partial charge is 0.322 e. The summed E-state index contributed by atoms with van der Waals surface area (Å²) in [5, 5.41) is 0. The molecule has 1 atom stereocenters. The van der Waals surface area contributed by atoms with Crippen molar-refractivity contribution >= 4 is 0 Å². The van der Waals surface area contributed by atoms with Crippen LogP contribution in [0.25, 0.3) is 0 Å². The molecule has 2 nitrogen and oxygen atoms in total. The summed E-state index contributed by atoms with van der Waals surface area (Å²) in [7, 11) is 0. The van der Waals surface area contributed by atoms with E-state index in [4.69, 9.17) is 5.73 Å². The molecule has 0 aliphatic carbocycles. The van der Waals surface area contributed by atoms with Crippen LogP contribution in [0.3, 0.4) is 0 Å². The first-order valence-corrected chi connectivity index (χ1v) is 4.43. The predicted octanol–water partition coefficient (Wildman–Crippen LogP) is 2.36. The van der Waals surface area contributed by atoms with Gasteiger partial charge in [-0.15, -0.1) is 6.58 Å². The van der Waals surface area contributed by atoms with Crippen molar-refractivity contribution in [2.24, 2.45) is 5.73 Å². The number of aryl methyl sites for hydroxylation is 1. The van der Waals surface area contributed by atoms with Crippen LogP contribution in [0.2, 0.25) is 0 Å². The number of hydrogen-bond donors (Lipinski definition) is 1. The Hall–Kier alpha value is -1.15. The van der Waals surface area contributed by atoms with Crippen LogP contribution in [0, 0.1) is 6.92 Å². The SMILES string of the molecule is C=C(C)C[C@@H](N)c1cccc(C)n1. The molecule has 0 aliphatic rings. The average molecular weight is 176 g/mol. The third-order valence-electron chi connectivity index (χ3n) is 1.86. The maximum absolute atomic E-state index is 5.94. The molecule has 2 N–H and O–H groups in total. The highest BCUT2D eigenvalue weighted by molar-refractivity contribution is 5.14. The molecule has 0 saturated carbocycles. The van der Waals surface area contributed by atoms with E-state index in [0.717, 1.165) is 23.4 Å². The van der Waals surface area contributed by atoms with Gasteiger partial charge < -0.3 is 5.73 Å². The number of rotatable bonds is 3. The topological polar surface area (TPSA) is 38.9 Å². The van der Waals surface area contributed by atoms with E-state index >= 15 is 0 Å². The summed E-state index contributed by atoms with van der Waals surface area (Å²) in [4.78, 5) is 4.36. The summed E-state index contributed by atoms with van der Waals surface area (Å²) in [6, 6.07) is 5.89. The highest BCUT2D eigenvalue weighted by Crippen LogP contribution is 2.15. The number of pyridine rings is 1. The first-order valence-electron chi connectivity index (χ1n) is 4.43. The van der Waals surface area contributed by atoms with Gasteiger partial charge in [0.15, 0.2) is 0 Å². The van der Waals surface area contributed by atoms with E-state index in [1.807, 2.05) is 32.0 Å². The van der Waals surface area contributed by atoms with Crippen molar-refractivity contribution in [3.8, 4) is 0 Å². The zero-order chi connectivity index (χ0) is 9.84. The molecule has 0 saturated heterocycles. The van der Waals surface area contributed by atoms with E-state index in [-0.39, 0.29) is 6.04 Å². The van der Waals surface area contributed by atoms with E-state index in [1.54, 1.807) is 0 Å². The van der Waals surface area contributed by atoms with Gasteiger partial charge in [0.1, 0.15) is 0 Å². The highest BCUT2D eigenvalue weighted by atomic mass is 14.8. The van der Waals surface area contributed by atoms with Crippen molar-refractivity contribution < 1.29 is 0 Å². The number of nitrogens with zero attached hydrogens (tertiary/aromatic N) is 1. The Labute approximate surface area is 79.5 Å². The van der Waals surface area contributed by atoms with Gasteiger partial charge >= 0.3 is 0 Å². The molecule has 0 aliphatic heterocycles. The summed E-state index contributed by atoms with van der Waals surface area (Å²) < 4.78 is 0. The molecule has 0 unspecified atom stereocenters. The van der Waals surface area contributed by atoms with Gasteiger partial charge in [-0.2, -0.15) is 0 Å². The lowest BCUT2D eigenvalue weighted by atomic mass is 10.1. The zero-order valence-corrected chi connectivity index (χ0v) is 8.25. The van der Waals surface area contributed by atoms with Gasteiger partial charge in [-0.3, -0.25) is 4.98 Å².